The standard InChI is InChI=1S/C54H36N4O2.Ni/c1-31-14-19-35(20-15-31)47-40-24-25-41(55-40)48(36-21-16-32(2)17-22-36)43-28-29-45(57-43)51-53(60-54(59)37-12-8-5-9-13-37)50-46(34-10-6-4-7-11-34)39-30-33(3)18-23-38(39)49(52(50)58-51)44-27-26-42(47)56-44;/h4-30H,1-3H3;/q-2;+2. The normalized spacial score (nSPS) is 13.8. The summed E-state index contributed by atoms with van der Waals surface area (Å²) in [7, 11) is 0. The van der Waals surface area contributed by atoms with Gasteiger partial charge >= 0.3 is 22.5 Å². The fraction of sp³-hybridized carbons (Fsp3) is 0.0556. The number of aryl methyl sites for hydroxylation is 3. The molecule has 294 valence electrons. The summed E-state index contributed by atoms with van der Waals surface area (Å²) in [4.78, 5) is 35.9. The Kier molecular flexibility index (Phi) is 9.35. The van der Waals surface area contributed by atoms with Crippen LogP contribution in [0.4, 0.5) is 0 Å². The van der Waals surface area contributed by atoms with Gasteiger partial charge in [-0.3, -0.25) is 0 Å². The summed E-state index contributed by atoms with van der Waals surface area (Å²) in [5.41, 5.74) is 13.7. The fourth-order valence-corrected chi connectivity index (χ4v) is 8.57. The van der Waals surface area contributed by atoms with Gasteiger partial charge in [0, 0.05) is 5.56 Å². The van der Waals surface area contributed by atoms with E-state index in [9.17, 15) is 4.79 Å². The minimum Gasteiger partial charge on any atom is -0.657 e. The molecule has 0 fully saturated rings. The minimum atomic E-state index is -0.483. The van der Waals surface area contributed by atoms with Gasteiger partial charge in [0.1, 0.15) is 0 Å². The molecule has 11 rings (SSSR count). The molecule has 6 nitrogen and oxygen atoms in total. The molecule has 0 saturated carbocycles. The van der Waals surface area contributed by atoms with Crippen molar-refractivity contribution in [1.82, 2.24) is 9.97 Å². The summed E-state index contributed by atoms with van der Waals surface area (Å²) in [6.45, 7) is 6.28. The third-order valence-electron chi connectivity index (χ3n) is 11.5. The van der Waals surface area contributed by atoms with E-state index in [1.165, 1.54) is 5.56 Å². The molecule has 8 aromatic rings. The summed E-state index contributed by atoms with van der Waals surface area (Å²) < 4.78 is 6.63. The van der Waals surface area contributed by atoms with Gasteiger partial charge in [-0.05, 0) is 88.9 Å². The second-order valence-corrected chi connectivity index (χ2v) is 15.6. The average Bonchev–Trinajstić information content (AvgIpc) is 4.11. The Balaban J connectivity index is 0.00000445. The van der Waals surface area contributed by atoms with Gasteiger partial charge < -0.3 is 14.7 Å². The van der Waals surface area contributed by atoms with Crippen LogP contribution in [0.1, 0.15) is 55.1 Å². The van der Waals surface area contributed by atoms with Gasteiger partial charge in [-0.25, -0.2) is 14.8 Å². The van der Waals surface area contributed by atoms with Crippen molar-refractivity contribution in [3.05, 3.63) is 241 Å². The number of hydrogen-bond donors (Lipinski definition) is 0. The monoisotopic (exact) mass is 830 g/mol. The number of benzene rings is 6. The number of aromatic nitrogens is 2. The molecule has 3 aliphatic heterocycles. The predicted molar refractivity (Wildman–Crippen MR) is 238 cm³/mol. The fourth-order valence-electron chi connectivity index (χ4n) is 8.57. The molecule has 7 heteroatoms. The summed E-state index contributed by atoms with van der Waals surface area (Å²) >= 11 is 0. The van der Waals surface area contributed by atoms with E-state index in [4.69, 9.17) is 24.7 Å². The van der Waals surface area contributed by atoms with Gasteiger partial charge in [-0.2, -0.15) is 0 Å². The molecule has 0 saturated heterocycles. The Bertz CT molecular complexity index is 3460. The van der Waals surface area contributed by atoms with E-state index in [0.717, 1.165) is 93.9 Å². The zero-order chi connectivity index (χ0) is 40.5. The molecule has 0 amide bonds. The first-order valence-corrected chi connectivity index (χ1v) is 20.1. The van der Waals surface area contributed by atoms with Crippen molar-refractivity contribution in [3.63, 3.8) is 0 Å². The van der Waals surface area contributed by atoms with E-state index in [1.54, 1.807) is 12.1 Å². The number of nitrogens with zero attached hydrogens (tertiary/aromatic N) is 4. The number of rotatable bonds is 5. The Hall–Kier alpha value is -7.34. The molecule has 0 N–H and O–H groups in total. The van der Waals surface area contributed by atoms with Crippen LogP contribution in [0.15, 0.2) is 179 Å². The van der Waals surface area contributed by atoms with Crippen LogP contribution in [0.25, 0.3) is 44.5 Å². The van der Waals surface area contributed by atoms with Gasteiger partial charge in [0.05, 0.1) is 33.6 Å². The molecule has 0 radical (unpaired) electrons. The average molecular weight is 832 g/mol. The molecular weight excluding hydrogens is 795 g/mol. The number of ether oxygens (including phenoxy) is 1. The summed E-state index contributed by atoms with van der Waals surface area (Å²) in [6, 6.07) is 51.0. The van der Waals surface area contributed by atoms with Crippen molar-refractivity contribution in [3.8, 4) is 11.1 Å². The van der Waals surface area contributed by atoms with Crippen LogP contribution in [0.3, 0.4) is 0 Å². The van der Waals surface area contributed by atoms with Crippen molar-refractivity contribution in [2.75, 3.05) is 0 Å². The maximum atomic E-state index is 14.2. The Morgan fingerprint density at radius 2 is 1.18 bits per heavy atom. The number of carbonyl (C=O) groups excluding carboxylic acids is 1. The van der Waals surface area contributed by atoms with Crippen LogP contribution in [0.2, 0.25) is 0 Å². The van der Waals surface area contributed by atoms with Gasteiger partial charge in [-0.1, -0.05) is 156 Å². The zero-order valence-corrected chi connectivity index (χ0v) is 34.5. The zero-order valence-electron chi connectivity index (χ0n) is 33.5. The summed E-state index contributed by atoms with van der Waals surface area (Å²) in [5.74, 6) is -0.132. The molecule has 5 heterocycles. The molecule has 0 spiro atoms. The maximum absolute atomic E-state index is 14.2. The molecule has 0 atom stereocenters. The number of fused-ring (bicyclic) bond motifs is 9. The van der Waals surface area contributed by atoms with Crippen molar-refractivity contribution >= 4 is 45.1 Å². The van der Waals surface area contributed by atoms with Crippen LogP contribution in [0.5, 0.6) is 0 Å². The number of carbonyl (C=O) groups is 1. The second-order valence-electron chi connectivity index (χ2n) is 15.6. The Labute approximate surface area is 362 Å². The number of allylic oxidation sites excluding steroid dienone is 2. The van der Waals surface area contributed by atoms with Crippen LogP contribution in [-0.2, 0) is 21.2 Å². The number of hydrogen-bond acceptors (Lipinski definition) is 4. The number of esters is 1. The molecule has 8 bridgehead atoms. The molecule has 3 aliphatic rings. The van der Waals surface area contributed by atoms with E-state index in [1.807, 2.05) is 48.5 Å². The molecule has 2 aromatic heterocycles. The first-order valence-electron chi connectivity index (χ1n) is 20.1. The van der Waals surface area contributed by atoms with Crippen molar-refractivity contribution < 1.29 is 26.0 Å². The maximum Gasteiger partial charge on any atom is 2.00 e. The van der Waals surface area contributed by atoms with E-state index < -0.39 is 5.97 Å². The topological polar surface area (TPSA) is 79.2 Å². The van der Waals surface area contributed by atoms with Gasteiger partial charge in [0.15, 0.2) is 5.76 Å². The van der Waals surface area contributed by atoms with Gasteiger partial charge in [0.25, 0.3) is 0 Å². The van der Waals surface area contributed by atoms with Crippen LogP contribution >= 0.6 is 0 Å². The quantitative estimate of drug-likeness (QED) is 0.128. The Morgan fingerprint density at radius 3 is 1.90 bits per heavy atom. The third-order valence-corrected chi connectivity index (χ3v) is 11.5. The van der Waals surface area contributed by atoms with E-state index >= 15 is 0 Å². The minimum absolute atomic E-state index is 0. The summed E-state index contributed by atoms with van der Waals surface area (Å²) in [6.07, 6.45) is 4.15. The molecule has 61 heavy (non-hydrogen) atoms. The van der Waals surface area contributed by atoms with Crippen LogP contribution in [-0.4, -0.2) is 11.7 Å². The van der Waals surface area contributed by atoms with Crippen molar-refractivity contribution in [2.24, 2.45) is 9.98 Å². The first-order chi connectivity index (χ1) is 29.4. The van der Waals surface area contributed by atoms with Crippen LogP contribution in [0, 0.1) is 31.3 Å². The van der Waals surface area contributed by atoms with Gasteiger partial charge in [-0.15, -0.1) is 22.1 Å². The van der Waals surface area contributed by atoms with E-state index in [0.29, 0.717) is 28.1 Å². The molecule has 6 aromatic carbocycles. The predicted octanol–water partition coefficient (Wildman–Crippen LogP) is 9.93. The first kappa shape index (κ1) is 37.9. The molecule has 0 unspecified atom stereocenters. The second kappa shape index (κ2) is 15.0. The third kappa shape index (κ3) is 6.46. The van der Waals surface area contributed by atoms with E-state index in [-0.39, 0.29) is 16.5 Å². The van der Waals surface area contributed by atoms with Crippen molar-refractivity contribution in [2.45, 2.75) is 20.8 Å². The van der Waals surface area contributed by atoms with Gasteiger partial charge in [0.2, 0.25) is 0 Å². The summed E-state index contributed by atoms with van der Waals surface area (Å²) in [5, 5.41) is 5.06. The van der Waals surface area contributed by atoms with E-state index in [2.05, 4.69) is 124 Å². The van der Waals surface area contributed by atoms with Crippen molar-refractivity contribution in [1.29, 1.82) is 0 Å². The molecular formula is C54H36N4NiO2. The molecule has 0 aliphatic carbocycles. The largest absolute Gasteiger partial charge is 2.00 e. The number of aliphatic imine (C=N–C) groups is 1. The Morgan fingerprint density at radius 1 is 0.541 bits per heavy atom. The SMILES string of the molecule is Cc1ccc(C2=C3C=CC(=N3)C(c3ccc(C)cc3)=c3ccc([n-]3)=c3c4c(c(-c5ccccc5)c5cc(C)ccc35)C(OC(=O)c3ccccc3)=C(N=4)c3ccc2[n-]3)cc1.[Ni+2]. The van der Waals surface area contributed by atoms with Crippen LogP contribution < -0.4 is 20.7 Å². The smallest absolute Gasteiger partial charge is 0.657 e.